The van der Waals surface area contributed by atoms with Gasteiger partial charge >= 0.3 is 10.2 Å². The first-order valence-electron chi connectivity index (χ1n) is 9.33. The normalized spacial score (nSPS) is 19.7. The van der Waals surface area contributed by atoms with Gasteiger partial charge in [-0.25, -0.2) is 4.31 Å². The van der Waals surface area contributed by atoms with Crippen molar-refractivity contribution in [1.29, 1.82) is 0 Å². The lowest BCUT2D eigenvalue weighted by molar-refractivity contribution is -0.118. The van der Waals surface area contributed by atoms with Gasteiger partial charge in [0.15, 0.2) is 0 Å². The maximum atomic E-state index is 12.6. The summed E-state index contributed by atoms with van der Waals surface area (Å²) in [7, 11) is -2.60. The number of aryl methyl sites for hydroxylation is 1. The van der Waals surface area contributed by atoms with Crippen LogP contribution in [-0.2, 0) is 19.7 Å². The molecule has 1 aromatic carbocycles. The van der Waals surface area contributed by atoms with Gasteiger partial charge in [-0.1, -0.05) is 29.8 Å². The van der Waals surface area contributed by atoms with Crippen LogP contribution in [-0.4, -0.2) is 75.7 Å². The van der Waals surface area contributed by atoms with E-state index in [2.05, 4.69) is 14.6 Å². The molecule has 2 heterocycles. The quantitative estimate of drug-likeness (QED) is 0.702. The fourth-order valence-electron chi connectivity index (χ4n) is 3.05. The predicted octanol–water partition coefficient (Wildman–Crippen LogP) is 0.697. The maximum absolute atomic E-state index is 12.6. The zero-order valence-corrected chi connectivity index (χ0v) is 17.0. The Hall–Kier alpha value is -2.23. The van der Waals surface area contributed by atoms with E-state index in [4.69, 9.17) is 4.74 Å². The monoisotopic (exact) mass is 406 g/mol. The molecule has 2 aliphatic rings. The van der Waals surface area contributed by atoms with Gasteiger partial charge in [0.2, 0.25) is 0 Å². The van der Waals surface area contributed by atoms with E-state index in [9.17, 15) is 13.2 Å². The highest BCUT2D eigenvalue weighted by molar-refractivity contribution is 7.88. The highest BCUT2D eigenvalue weighted by Crippen LogP contribution is 2.20. The number of morpholine rings is 1. The summed E-state index contributed by atoms with van der Waals surface area (Å²) in [5.41, 5.74) is 2.04. The van der Waals surface area contributed by atoms with Gasteiger partial charge in [0.25, 0.3) is 5.91 Å². The molecule has 1 N–H and O–H groups in total. The molecule has 0 atom stereocenters. The van der Waals surface area contributed by atoms with E-state index >= 15 is 0 Å². The third-order valence-electron chi connectivity index (χ3n) is 4.79. The van der Waals surface area contributed by atoms with Gasteiger partial charge in [0.05, 0.1) is 18.9 Å². The Labute approximate surface area is 166 Å². The second kappa shape index (κ2) is 8.85. The lowest BCUT2D eigenvalue weighted by Gasteiger charge is -2.26. The van der Waals surface area contributed by atoms with Crippen molar-refractivity contribution in [3.05, 3.63) is 47.2 Å². The summed E-state index contributed by atoms with van der Waals surface area (Å²) in [5.74, 6) is -0.424. The van der Waals surface area contributed by atoms with Gasteiger partial charge in [-0.3, -0.25) is 9.69 Å². The molecule has 0 radical (unpaired) electrons. The van der Waals surface area contributed by atoms with Gasteiger partial charge in [-0.05, 0) is 26.0 Å². The van der Waals surface area contributed by atoms with Crippen LogP contribution in [0.4, 0.5) is 0 Å². The number of carbonyl (C=O) groups is 1. The number of allylic oxidation sites excluding steroid dienone is 1. The fraction of sp³-hybridized carbons (Fsp3) is 0.474. The molecule has 0 spiro atoms. The number of likely N-dealkylation sites (N-methyl/N-ethyl adjacent to an activating group) is 1. The second-order valence-corrected chi connectivity index (χ2v) is 8.51. The van der Waals surface area contributed by atoms with Crippen LogP contribution >= 0.6 is 0 Å². The smallest absolute Gasteiger partial charge is 0.345 e. The third kappa shape index (κ3) is 4.98. The first-order chi connectivity index (χ1) is 13.4. The van der Waals surface area contributed by atoms with Crippen molar-refractivity contribution in [2.45, 2.75) is 13.3 Å². The van der Waals surface area contributed by atoms with E-state index in [1.165, 1.54) is 13.1 Å². The van der Waals surface area contributed by atoms with Crippen molar-refractivity contribution in [3.8, 4) is 0 Å². The van der Waals surface area contributed by atoms with E-state index in [0.717, 1.165) is 49.1 Å². The molecule has 0 unspecified atom stereocenters. The summed E-state index contributed by atoms with van der Waals surface area (Å²) < 4.78 is 34.8. The zero-order chi connectivity index (χ0) is 20.1. The van der Waals surface area contributed by atoms with E-state index < -0.39 is 16.1 Å². The number of carbonyl (C=O) groups excluding carboxylic acids is 1. The number of hydrogen-bond donors (Lipinski definition) is 1. The van der Waals surface area contributed by atoms with Crippen LogP contribution < -0.4 is 5.32 Å². The Morgan fingerprint density at radius 2 is 1.89 bits per heavy atom. The minimum absolute atomic E-state index is 0.0666. The number of rotatable bonds is 6. The predicted molar refractivity (Wildman–Crippen MR) is 107 cm³/mol. The van der Waals surface area contributed by atoms with Crippen molar-refractivity contribution in [1.82, 2.24) is 14.5 Å². The van der Waals surface area contributed by atoms with Gasteiger partial charge in [0.1, 0.15) is 5.70 Å². The van der Waals surface area contributed by atoms with Crippen LogP contribution in [0.5, 0.6) is 0 Å². The molecular weight excluding hydrogens is 380 g/mol. The number of nitrogens with zero attached hydrogens (tertiary/aromatic N) is 3. The SMILES string of the molecule is Cc1ccc(C2=NS(=O)(=O)N(C)C(C(=O)NCCCN3CCOCC3)=C2)cc1. The molecule has 9 heteroatoms. The maximum Gasteiger partial charge on any atom is 0.345 e. The largest absolute Gasteiger partial charge is 0.379 e. The number of hydrogen-bond acceptors (Lipinski definition) is 5. The summed E-state index contributed by atoms with van der Waals surface area (Å²) >= 11 is 0. The Balaban J connectivity index is 1.65. The lowest BCUT2D eigenvalue weighted by Crippen LogP contribution is -2.40. The second-order valence-electron chi connectivity index (χ2n) is 6.88. The van der Waals surface area contributed by atoms with Crippen LogP contribution in [0.25, 0.3) is 0 Å². The minimum Gasteiger partial charge on any atom is -0.379 e. The van der Waals surface area contributed by atoms with Gasteiger partial charge in [-0.2, -0.15) is 8.42 Å². The first-order valence-corrected chi connectivity index (χ1v) is 10.7. The van der Waals surface area contributed by atoms with Crippen molar-refractivity contribution < 1.29 is 17.9 Å². The molecule has 3 rings (SSSR count). The highest BCUT2D eigenvalue weighted by atomic mass is 32.2. The molecule has 1 aromatic rings. The van der Waals surface area contributed by atoms with Crippen molar-refractivity contribution in [2.75, 3.05) is 46.4 Å². The molecule has 1 fully saturated rings. The van der Waals surface area contributed by atoms with E-state index in [0.29, 0.717) is 12.1 Å². The van der Waals surface area contributed by atoms with E-state index in [-0.39, 0.29) is 11.4 Å². The van der Waals surface area contributed by atoms with E-state index in [1.54, 1.807) is 12.1 Å². The molecule has 8 nitrogen and oxygen atoms in total. The van der Waals surface area contributed by atoms with Crippen LogP contribution in [0.3, 0.4) is 0 Å². The summed E-state index contributed by atoms with van der Waals surface area (Å²) in [6.45, 7) is 6.56. The topological polar surface area (TPSA) is 91.3 Å². The standard InChI is InChI=1S/C19H26N4O4S/c1-15-4-6-16(7-5-15)17-14-18(22(2)28(25,26)21-17)19(24)20-8-3-9-23-10-12-27-13-11-23/h4-7,14H,3,8-13H2,1-2H3,(H,20,24). The van der Waals surface area contributed by atoms with E-state index in [1.807, 2.05) is 19.1 Å². The molecule has 0 saturated carbocycles. The molecule has 1 amide bonds. The molecular formula is C19H26N4O4S. The van der Waals surface area contributed by atoms with Crippen LogP contribution in [0.2, 0.25) is 0 Å². The van der Waals surface area contributed by atoms with Crippen molar-refractivity contribution >= 4 is 21.8 Å². The molecule has 0 bridgehead atoms. The summed E-state index contributed by atoms with van der Waals surface area (Å²) in [6.07, 6.45) is 2.30. The van der Waals surface area contributed by atoms with Crippen LogP contribution in [0.15, 0.2) is 40.4 Å². The number of nitrogens with one attached hydrogen (secondary N) is 1. The van der Waals surface area contributed by atoms with Crippen LogP contribution in [0.1, 0.15) is 17.5 Å². The average Bonchev–Trinajstić information content (AvgIpc) is 2.68. The minimum atomic E-state index is -3.94. The summed E-state index contributed by atoms with van der Waals surface area (Å²) in [4.78, 5) is 14.9. The summed E-state index contributed by atoms with van der Waals surface area (Å²) in [6, 6.07) is 7.34. The number of benzene rings is 1. The fourth-order valence-corrected chi connectivity index (χ4v) is 3.96. The molecule has 28 heavy (non-hydrogen) atoms. The Bertz CT molecular complexity index is 872. The Morgan fingerprint density at radius 3 is 2.57 bits per heavy atom. The average molecular weight is 407 g/mol. The summed E-state index contributed by atoms with van der Waals surface area (Å²) in [5, 5.41) is 2.82. The number of ether oxygens (including phenoxy) is 1. The first kappa shape index (κ1) is 20.5. The van der Waals surface area contributed by atoms with Crippen molar-refractivity contribution in [2.24, 2.45) is 4.40 Å². The molecule has 152 valence electrons. The van der Waals surface area contributed by atoms with Crippen molar-refractivity contribution in [3.63, 3.8) is 0 Å². The zero-order valence-electron chi connectivity index (χ0n) is 16.2. The third-order valence-corrected chi connectivity index (χ3v) is 6.11. The molecule has 1 saturated heterocycles. The molecule has 0 aromatic heterocycles. The van der Waals surface area contributed by atoms with Gasteiger partial charge in [0, 0.05) is 32.2 Å². The molecule has 0 aliphatic carbocycles. The molecule has 2 aliphatic heterocycles. The van der Waals surface area contributed by atoms with Gasteiger partial charge in [-0.15, -0.1) is 4.40 Å². The Morgan fingerprint density at radius 1 is 1.21 bits per heavy atom. The van der Waals surface area contributed by atoms with Gasteiger partial charge < -0.3 is 10.1 Å². The number of amides is 1. The highest BCUT2D eigenvalue weighted by Gasteiger charge is 2.29. The van der Waals surface area contributed by atoms with Crippen LogP contribution in [0, 0.1) is 6.92 Å². The Kier molecular flexibility index (Phi) is 6.48. The lowest BCUT2D eigenvalue weighted by atomic mass is 10.1.